The maximum absolute atomic E-state index is 13.5. The molecule has 3 heterocycles. The highest BCUT2D eigenvalue weighted by Gasteiger charge is 2.54. The van der Waals surface area contributed by atoms with Crippen LogP contribution in [0.4, 0.5) is 0 Å². The van der Waals surface area contributed by atoms with Gasteiger partial charge in [-0.15, -0.1) is 0 Å². The number of piperidine rings is 1. The summed E-state index contributed by atoms with van der Waals surface area (Å²) < 4.78 is 6.56. The molecule has 1 amide bonds. The van der Waals surface area contributed by atoms with E-state index in [0.717, 1.165) is 36.2 Å². The minimum Gasteiger partial charge on any atom is -0.469 e. The van der Waals surface area contributed by atoms with E-state index in [1.54, 1.807) is 16.8 Å². The highest BCUT2D eigenvalue weighted by atomic mass is 35.5. The number of hydrogen-bond donors (Lipinski definition) is 0. The smallest absolute Gasteiger partial charge is 0.307 e. The number of carbonyl (C=O) groups excluding carboxylic acids is 2. The fourth-order valence-corrected chi connectivity index (χ4v) is 4.82. The third kappa shape index (κ3) is 2.65. The molecule has 1 aromatic heterocycles. The largest absolute Gasteiger partial charge is 0.469 e. The fraction of sp³-hybridized carbons (Fsp3) is 0.450. The maximum atomic E-state index is 13.5. The fourth-order valence-electron chi connectivity index (χ4n) is 4.69. The molecule has 0 saturated carbocycles. The SMILES string of the molecule is COC(=O)C[C@H]1CCC[C@]2(C)c3c(C)nn(-c4ccc(Cl)cc4)c3C(=O)N12. The summed E-state index contributed by atoms with van der Waals surface area (Å²) >= 11 is 6.00. The molecule has 1 fully saturated rings. The van der Waals surface area contributed by atoms with Crippen LogP contribution in [0.2, 0.25) is 5.02 Å². The van der Waals surface area contributed by atoms with E-state index in [1.165, 1.54) is 7.11 Å². The average molecular weight is 388 g/mol. The molecule has 2 aliphatic heterocycles. The normalized spacial score (nSPS) is 23.9. The summed E-state index contributed by atoms with van der Waals surface area (Å²) in [7, 11) is 1.38. The molecule has 0 aliphatic carbocycles. The van der Waals surface area contributed by atoms with E-state index in [2.05, 4.69) is 12.0 Å². The van der Waals surface area contributed by atoms with Crippen LogP contribution in [-0.2, 0) is 15.1 Å². The van der Waals surface area contributed by atoms with Crippen LogP contribution in [0, 0.1) is 6.92 Å². The van der Waals surface area contributed by atoms with Crippen molar-refractivity contribution in [2.24, 2.45) is 0 Å². The molecule has 27 heavy (non-hydrogen) atoms. The van der Waals surface area contributed by atoms with Gasteiger partial charge in [-0.2, -0.15) is 5.10 Å². The van der Waals surface area contributed by atoms with E-state index in [0.29, 0.717) is 10.7 Å². The highest BCUT2D eigenvalue weighted by molar-refractivity contribution is 6.30. The number of ether oxygens (including phenoxy) is 1. The predicted octanol–water partition coefficient (Wildman–Crippen LogP) is 3.62. The van der Waals surface area contributed by atoms with Crippen molar-refractivity contribution in [3.8, 4) is 5.69 Å². The van der Waals surface area contributed by atoms with E-state index in [9.17, 15) is 9.59 Å². The Hall–Kier alpha value is -2.34. The van der Waals surface area contributed by atoms with Crippen LogP contribution in [0.3, 0.4) is 0 Å². The number of aryl methyl sites for hydroxylation is 1. The Morgan fingerprint density at radius 1 is 1.37 bits per heavy atom. The molecule has 142 valence electrons. The third-order valence-electron chi connectivity index (χ3n) is 5.82. The predicted molar refractivity (Wildman–Crippen MR) is 101 cm³/mol. The lowest BCUT2D eigenvalue weighted by molar-refractivity contribution is -0.142. The van der Waals surface area contributed by atoms with Crippen molar-refractivity contribution in [3.05, 3.63) is 46.2 Å². The third-order valence-corrected chi connectivity index (χ3v) is 6.07. The zero-order valence-electron chi connectivity index (χ0n) is 15.7. The Kier molecular flexibility index (Phi) is 4.26. The summed E-state index contributed by atoms with van der Waals surface area (Å²) in [5.74, 6) is -0.360. The number of fused-ring (bicyclic) bond motifs is 3. The number of nitrogens with zero attached hydrogens (tertiary/aromatic N) is 3. The molecule has 6 nitrogen and oxygen atoms in total. The Bertz CT molecular complexity index is 921. The molecule has 1 aromatic carbocycles. The van der Waals surface area contributed by atoms with Crippen LogP contribution >= 0.6 is 11.6 Å². The number of rotatable bonds is 3. The molecule has 0 unspecified atom stereocenters. The minimum absolute atomic E-state index is 0.0725. The van der Waals surface area contributed by atoms with Crippen molar-refractivity contribution >= 4 is 23.5 Å². The standard InChI is InChI=1S/C20H22ClN3O3/c1-12-17-18(24(22-12)14-8-6-13(21)7-9-14)19(26)23-15(11-16(25)27-3)5-4-10-20(17,23)2/h6-9,15H,4-5,10-11H2,1-3H3/t15-,20-/m1/s1. The van der Waals surface area contributed by atoms with Gasteiger partial charge in [0.25, 0.3) is 5.91 Å². The van der Waals surface area contributed by atoms with Gasteiger partial charge in [0.2, 0.25) is 0 Å². The molecule has 2 aromatic rings. The molecule has 7 heteroatoms. The summed E-state index contributed by atoms with van der Waals surface area (Å²) in [6, 6.07) is 7.13. The Balaban J connectivity index is 1.82. The van der Waals surface area contributed by atoms with Gasteiger partial charge in [0.1, 0.15) is 5.69 Å². The number of hydrogen-bond acceptors (Lipinski definition) is 4. The van der Waals surface area contributed by atoms with Crippen molar-refractivity contribution in [3.63, 3.8) is 0 Å². The van der Waals surface area contributed by atoms with Gasteiger partial charge < -0.3 is 9.64 Å². The molecule has 0 radical (unpaired) electrons. The highest BCUT2D eigenvalue weighted by Crippen LogP contribution is 2.49. The van der Waals surface area contributed by atoms with Crippen molar-refractivity contribution in [1.82, 2.24) is 14.7 Å². The van der Waals surface area contributed by atoms with Gasteiger partial charge in [-0.1, -0.05) is 11.6 Å². The summed E-state index contributed by atoms with van der Waals surface area (Å²) in [5.41, 5.74) is 2.76. The van der Waals surface area contributed by atoms with Gasteiger partial charge in [-0.25, -0.2) is 4.68 Å². The molecule has 2 atom stereocenters. The van der Waals surface area contributed by atoms with Crippen molar-refractivity contribution in [2.45, 2.75) is 51.1 Å². The first kappa shape index (κ1) is 18.0. The van der Waals surface area contributed by atoms with Gasteiger partial charge in [-0.3, -0.25) is 9.59 Å². The van der Waals surface area contributed by atoms with Crippen LogP contribution in [0.25, 0.3) is 5.69 Å². The number of carbonyl (C=O) groups is 2. The molecule has 2 aliphatic rings. The first-order valence-corrected chi connectivity index (χ1v) is 9.51. The molecule has 0 bridgehead atoms. The van der Waals surface area contributed by atoms with Gasteiger partial charge >= 0.3 is 5.97 Å². The summed E-state index contributed by atoms with van der Waals surface area (Å²) in [6.45, 7) is 4.03. The van der Waals surface area contributed by atoms with Crippen molar-refractivity contribution in [2.75, 3.05) is 7.11 Å². The number of aromatic nitrogens is 2. The lowest BCUT2D eigenvalue weighted by Crippen LogP contribution is -2.52. The van der Waals surface area contributed by atoms with E-state index in [4.69, 9.17) is 16.3 Å². The van der Waals surface area contributed by atoms with Crippen LogP contribution in [0.5, 0.6) is 0 Å². The lowest BCUT2D eigenvalue weighted by Gasteiger charge is -2.45. The minimum atomic E-state index is -0.446. The first-order valence-electron chi connectivity index (χ1n) is 9.13. The van der Waals surface area contributed by atoms with E-state index in [-0.39, 0.29) is 24.3 Å². The molecular weight excluding hydrogens is 366 g/mol. The molecule has 0 spiro atoms. The van der Waals surface area contributed by atoms with Crippen LogP contribution < -0.4 is 0 Å². The van der Waals surface area contributed by atoms with Crippen LogP contribution in [0.15, 0.2) is 24.3 Å². The van der Waals surface area contributed by atoms with Gasteiger partial charge in [-0.05, 0) is 57.4 Å². The van der Waals surface area contributed by atoms with Crippen molar-refractivity contribution in [1.29, 1.82) is 0 Å². The quantitative estimate of drug-likeness (QED) is 0.754. The molecule has 4 rings (SSSR count). The molecule has 0 N–H and O–H groups in total. The second-order valence-corrected chi connectivity index (χ2v) is 7.91. The number of halogens is 1. The summed E-state index contributed by atoms with van der Waals surface area (Å²) in [4.78, 5) is 27.3. The van der Waals surface area contributed by atoms with Crippen LogP contribution in [-0.4, -0.2) is 39.7 Å². The lowest BCUT2D eigenvalue weighted by atomic mass is 9.81. The topological polar surface area (TPSA) is 64.4 Å². The second-order valence-electron chi connectivity index (χ2n) is 7.47. The molecule has 1 saturated heterocycles. The summed E-state index contributed by atoms with van der Waals surface area (Å²) in [5, 5.41) is 5.29. The maximum Gasteiger partial charge on any atom is 0.307 e. The number of benzene rings is 1. The zero-order valence-corrected chi connectivity index (χ0v) is 16.4. The Morgan fingerprint density at radius 3 is 2.74 bits per heavy atom. The van der Waals surface area contributed by atoms with E-state index in [1.807, 2.05) is 24.0 Å². The van der Waals surface area contributed by atoms with Crippen molar-refractivity contribution < 1.29 is 14.3 Å². The first-order chi connectivity index (χ1) is 12.9. The van der Waals surface area contributed by atoms with Gasteiger partial charge in [0, 0.05) is 16.6 Å². The monoisotopic (exact) mass is 387 g/mol. The number of methoxy groups -OCH3 is 1. The second kappa shape index (κ2) is 6.37. The Labute approximate surface area is 163 Å². The molecular formula is C20H22ClN3O3. The van der Waals surface area contributed by atoms with E-state index >= 15 is 0 Å². The zero-order chi connectivity index (χ0) is 19.3. The number of amides is 1. The average Bonchev–Trinajstić information content (AvgIpc) is 3.11. The number of esters is 1. The van der Waals surface area contributed by atoms with Gasteiger partial charge in [0.15, 0.2) is 0 Å². The van der Waals surface area contributed by atoms with Gasteiger partial charge in [0.05, 0.1) is 30.5 Å². The van der Waals surface area contributed by atoms with E-state index < -0.39 is 5.54 Å². The summed E-state index contributed by atoms with van der Waals surface area (Å²) in [6.07, 6.45) is 2.83. The Morgan fingerprint density at radius 2 is 2.07 bits per heavy atom. The van der Waals surface area contributed by atoms with Crippen LogP contribution in [0.1, 0.15) is 54.4 Å².